The zero-order chi connectivity index (χ0) is 13.8. The number of nitrogens with zero attached hydrogens (tertiary/aromatic N) is 1. The third-order valence-electron chi connectivity index (χ3n) is 4.79. The molecule has 1 rings (SSSR count). The molecule has 1 aliphatic rings. The Labute approximate surface area is 118 Å². The van der Waals surface area contributed by atoms with Crippen molar-refractivity contribution in [1.29, 1.82) is 0 Å². The lowest BCUT2D eigenvalue weighted by atomic mass is 9.70. The SMILES string of the molecule is CSCCC(C)N(C)C1(CN)CC(C)CC(C)C1. The maximum absolute atomic E-state index is 6.18. The minimum Gasteiger partial charge on any atom is -0.329 e. The number of likely N-dealkylation sites (N-methyl/N-ethyl adjacent to an activating group) is 1. The summed E-state index contributed by atoms with van der Waals surface area (Å²) in [6, 6.07) is 0.638. The molecule has 0 aliphatic heterocycles. The molecule has 0 radical (unpaired) electrons. The van der Waals surface area contributed by atoms with E-state index in [2.05, 4.69) is 39.0 Å². The van der Waals surface area contributed by atoms with Crippen molar-refractivity contribution in [3.05, 3.63) is 0 Å². The summed E-state index contributed by atoms with van der Waals surface area (Å²) < 4.78 is 0. The molecule has 1 fully saturated rings. The Morgan fingerprint density at radius 2 is 1.89 bits per heavy atom. The van der Waals surface area contributed by atoms with E-state index in [9.17, 15) is 0 Å². The van der Waals surface area contributed by atoms with Crippen LogP contribution in [0.4, 0.5) is 0 Å². The first-order valence-electron chi connectivity index (χ1n) is 7.37. The highest BCUT2D eigenvalue weighted by atomic mass is 32.2. The smallest absolute Gasteiger partial charge is 0.0336 e. The molecular formula is C15H32N2S. The van der Waals surface area contributed by atoms with Crippen LogP contribution in [0.15, 0.2) is 0 Å². The van der Waals surface area contributed by atoms with Gasteiger partial charge in [0.15, 0.2) is 0 Å². The molecule has 0 bridgehead atoms. The lowest BCUT2D eigenvalue weighted by Crippen LogP contribution is -2.58. The van der Waals surface area contributed by atoms with Gasteiger partial charge in [-0.2, -0.15) is 11.8 Å². The van der Waals surface area contributed by atoms with E-state index in [1.54, 1.807) is 0 Å². The van der Waals surface area contributed by atoms with Crippen LogP contribution in [0.1, 0.15) is 46.5 Å². The van der Waals surface area contributed by atoms with Gasteiger partial charge in [0.05, 0.1) is 0 Å². The van der Waals surface area contributed by atoms with Crippen molar-refractivity contribution in [1.82, 2.24) is 4.90 Å². The second-order valence-electron chi connectivity index (χ2n) is 6.52. The number of thioether (sulfide) groups is 1. The van der Waals surface area contributed by atoms with Crippen molar-refractivity contribution >= 4 is 11.8 Å². The topological polar surface area (TPSA) is 29.3 Å². The van der Waals surface area contributed by atoms with Crippen molar-refractivity contribution < 1.29 is 0 Å². The zero-order valence-corrected chi connectivity index (χ0v) is 13.7. The summed E-state index contributed by atoms with van der Waals surface area (Å²) in [5.41, 5.74) is 6.43. The van der Waals surface area contributed by atoms with Gasteiger partial charge in [-0.25, -0.2) is 0 Å². The van der Waals surface area contributed by atoms with E-state index < -0.39 is 0 Å². The van der Waals surface area contributed by atoms with E-state index in [0.29, 0.717) is 6.04 Å². The van der Waals surface area contributed by atoms with Crippen molar-refractivity contribution in [3.8, 4) is 0 Å². The zero-order valence-electron chi connectivity index (χ0n) is 12.9. The molecule has 1 saturated carbocycles. The van der Waals surface area contributed by atoms with Gasteiger partial charge < -0.3 is 5.73 Å². The molecule has 0 aromatic heterocycles. The Morgan fingerprint density at radius 1 is 1.33 bits per heavy atom. The van der Waals surface area contributed by atoms with Crippen LogP contribution in [0.5, 0.6) is 0 Å². The fourth-order valence-electron chi connectivity index (χ4n) is 3.78. The third kappa shape index (κ3) is 3.88. The minimum atomic E-state index is 0.245. The quantitative estimate of drug-likeness (QED) is 0.805. The monoisotopic (exact) mass is 272 g/mol. The van der Waals surface area contributed by atoms with Gasteiger partial charge in [-0.1, -0.05) is 13.8 Å². The average molecular weight is 273 g/mol. The maximum Gasteiger partial charge on any atom is 0.0336 e. The molecule has 1 aliphatic carbocycles. The van der Waals surface area contributed by atoms with Gasteiger partial charge in [-0.15, -0.1) is 0 Å². The summed E-state index contributed by atoms with van der Waals surface area (Å²) >= 11 is 1.94. The number of rotatable bonds is 6. The van der Waals surface area contributed by atoms with E-state index in [-0.39, 0.29) is 5.54 Å². The Bertz CT molecular complexity index is 235. The molecule has 3 unspecified atom stereocenters. The third-order valence-corrected chi connectivity index (χ3v) is 5.43. The summed E-state index contributed by atoms with van der Waals surface area (Å²) in [7, 11) is 2.29. The summed E-state index contributed by atoms with van der Waals surface area (Å²) in [6.07, 6.45) is 7.37. The first-order valence-corrected chi connectivity index (χ1v) is 8.76. The van der Waals surface area contributed by atoms with Crippen molar-refractivity contribution in [2.45, 2.75) is 58.0 Å². The van der Waals surface area contributed by atoms with Crippen LogP contribution in [-0.2, 0) is 0 Å². The molecule has 0 aromatic rings. The molecule has 0 aromatic carbocycles. The fraction of sp³-hybridized carbons (Fsp3) is 1.00. The molecule has 2 nitrogen and oxygen atoms in total. The van der Waals surface area contributed by atoms with Gasteiger partial charge in [0.1, 0.15) is 0 Å². The normalized spacial score (nSPS) is 34.8. The van der Waals surface area contributed by atoms with Crippen LogP contribution < -0.4 is 5.73 Å². The van der Waals surface area contributed by atoms with Crippen molar-refractivity contribution in [2.24, 2.45) is 17.6 Å². The summed E-state index contributed by atoms with van der Waals surface area (Å²) in [5, 5.41) is 0. The molecule has 0 amide bonds. The predicted molar refractivity (Wildman–Crippen MR) is 84.2 cm³/mol. The van der Waals surface area contributed by atoms with Crippen LogP contribution in [0.3, 0.4) is 0 Å². The van der Waals surface area contributed by atoms with Gasteiger partial charge in [-0.05, 0) is 63.5 Å². The molecule has 0 saturated heterocycles. The lowest BCUT2D eigenvalue weighted by Gasteiger charge is -2.50. The molecule has 0 heterocycles. The lowest BCUT2D eigenvalue weighted by molar-refractivity contribution is 0.0130. The van der Waals surface area contributed by atoms with E-state index in [1.807, 2.05) is 11.8 Å². The highest BCUT2D eigenvalue weighted by molar-refractivity contribution is 7.98. The molecular weight excluding hydrogens is 240 g/mol. The number of hydrogen-bond donors (Lipinski definition) is 1. The van der Waals surface area contributed by atoms with Gasteiger partial charge in [0, 0.05) is 18.1 Å². The van der Waals surface area contributed by atoms with Gasteiger partial charge in [-0.3, -0.25) is 4.90 Å². The number of nitrogens with two attached hydrogens (primary N) is 1. The molecule has 3 heteroatoms. The summed E-state index contributed by atoms with van der Waals surface area (Å²) in [6.45, 7) is 7.94. The van der Waals surface area contributed by atoms with Crippen LogP contribution >= 0.6 is 11.8 Å². The Kier molecular flexibility index (Phi) is 6.49. The standard InChI is InChI=1S/C15H32N2S/c1-12-8-13(2)10-15(9-12,11-16)17(4)14(3)6-7-18-5/h12-14H,6-11,16H2,1-5H3. The molecule has 2 N–H and O–H groups in total. The summed E-state index contributed by atoms with van der Waals surface area (Å²) in [5.74, 6) is 2.87. The van der Waals surface area contributed by atoms with E-state index >= 15 is 0 Å². The maximum atomic E-state index is 6.18. The highest BCUT2D eigenvalue weighted by Crippen LogP contribution is 2.39. The van der Waals surface area contributed by atoms with Crippen LogP contribution in [0.2, 0.25) is 0 Å². The van der Waals surface area contributed by atoms with Gasteiger partial charge >= 0.3 is 0 Å². The average Bonchev–Trinajstić information content (AvgIpc) is 2.33. The first kappa shape index (κ1) is 16.3. The van der Waals surface area contributed by atoms with Gasteiger partial charge in [0.25, 0.3) is 0 Å². The Balaban J connectivity index is 2.73. The Morgan fingerprint density at radius 3 is 2.33 bits per heavy atom. The number of hydrogen-bond acceptors (Lipinski definition) is 3. The van der Waals surface area contributed by atoms with Crippen molar-refractivity contribution in [3.63, 3.8) is 0 Å². The van der Waals surface area contributed by atoms with Crippen LogP contribution in [-0.4, -0.2) is 42.1 Å². The van der Waals surface area contributed by atoms with Crippen LogP contribution in [0.25, 0.3) is 0 Å². The minimum absolute atomic E-state index is 0.245. The van der Waals surface area contributed by atoms with Gasteiger partial charge in [0.2, 0.25) is 0 Å². The molecule has 108 valence electrons. The van der Waals surface area contributed by atoms with Crippen LogP contribution in [0, 0.1) is 11.8 Å². The second kappa shape index (κ2) is 7.16. The fourth-order valence-corrected chi connectivity index (χ4v) is 4.36. The first-order chi connectivity index (χ1) is 8.45. The highest BCUT2D eigenvalue weighted by Gasteiger charge is 2.41. The molecule has 0 spiro atoms. The summed E-state index contributed by atoms with van der Waals surface area (Å²) in [4.78, 5) is 2.59. The Hall–Kier alpha value is 0.270. The molecule has 18 heavy (non-hydrogen) atoms. The van der Waals surface area contributed by atoms with E-state index in [0.717, 1.165) is 18.4 Å². The predicted octanol–water partition coefficient (Wildman–Crippen LogP) is 3.21. The van der Waals surface area contributed by atoms with E-state index in [4.69, 9.17) is 5.73 Å². The van der Waals surface area contributed by atoms with E-state index in [1.165, 1.54) is 31.4 Å². The molecule has 3 atom stereocenters. The van der Waals surface area contributed by atoms with Crippen molar-refractivity contribution in [2.75, 3.05) is 25.6 Å². The second-order valence-corrected chi connectivity index (χ2v) is 7.51. The largest absolute Gasteiger partial charge is 0.329 e.